The van der Waals surface area contributed by atoms with Crippen LogP contribution in [-0.4, -0.2) is 38.2 Å². The van der Waals surface area contributed by atoms with E-state index in [1.165, 1.54) is 0 Å². The molecule has 0 radical (unpaired) electrons. The Balaban J connectivity index is 1.66. The summed E-state index contributed by atoms with van der Waals surface area (Å²) in [7, 11) is 0. The first-order chi connectivity index (χ1) is 13.1. The van der Waals surface area contributed by atoms with Crippen LogP contribution in [-0.2, 0) is 9.53 Å². The van der Waals surface area contributed by atoms with Crippen LogP contribution in [0.1, 0.15) is 23.2 Å². The smallest absolute Gasteiger partial charge is 0.255 e. The zero-order valence-corrected chi connectivity index (χ0v) is 15.1. The molecule has 0 saturated carbocycles. The van der Waals surface area contributed by atoms with Crippen molar-refractivity contribution in [1.82, 2.24) is 5.32 Å². The Morgan fingerprint density at radius 1 is 1.15 bits per heavy atom. The molecule has 3 rings (SSSR count). The second-order valence-electron chi connectivity index (χ2n) is 6.66. The van der Waals surface area contributed by atoms with Crippen LogP contribution < -0.4 is 15.8 Å². The summed E-state index contributed by atoms with van der Waals surface area (Å²) < 4.78 is 10.8. The van der Waals surface area contributed by atoms with E-state index in [4.69, 9.17) is 15.2 Å². The minimum Gasteiger partial charge on any atom is -0.484 e. The number of hydrogen-bond acceptors (Lipinski definition) is 4. The molecule has 1 aliphatic heterocycles. The molecule has 0 bridgehead atoms. The minimum atomic E-state index is -0.526. The molecule has 1 aliphatic rings. The molecule has 3 N–H and O–H groups in total. The van der Waals surface area contributed by atoms with Crippen LogP contribution in [0.15, 0.2) is 48.5 Å². The van der Waals surface area contributed by atoms with Gasteiger partial charge in [-0.3, -0.25) is 9.59 Å². The molecule has 6 nitrogen and oxygen atoms in total. The maximum atomic E-state index is 12.5. The molecule has 6 heteroatoms. The first kappa shape index (κ1) is 18.9. The predicted octanol–water partition coefficient (Wildman–Crippen LogP) is 2.37. The lowest BCUT2D eigenvalue weighted by molar-refractivity contribution is -0.119. The van der Waals surface area contributed by atoms with Gasteiger partial charge in [-0.15, -0.1) is 0 Å². The molecule has 0 unspecified atom stereocenters. The van der Waals surface area contributed by atoms with E-state index in [0.717, 1.165) is 30.6 Å². The number of nitrogens with two attached hydrogens (primary N) is 1. The number of carbonyl (C=O) groups excluding carboxylic acids is 2. The molecule has 1 fully saturated rings. The Bertz CT molecular complexity index is 800. The van der Waals surface area contributed by atoms with Gasteiger partial charge in [0, 0.05) is 18.7 Å². The fourth-order valence-electron chi connectivity index (χ4n) is 3.07. The molecule has 0 aromatic heterocycles. The average molecular weight is 368 g/mol. The highest BCUT2D eigenvalue weighted by Gasteiger charge is 2.15. The number of hydrogen-bond donors (Lipinski definition) is 2. The van der Waals surface area contributed by atoms with E-state index in [-0.39, 0.29) is 12.5 Å². The quantitative estimate of drug-likeness (QED) is 0.785. The molecular formula is C21H24N2O4. The number of carbonyl (C=O) groups is 2. The van der Waals surface area contributed by atoms with Gasteiger partial charge in [0.15, 0.2) is 6.61 Å². The van der Waals surface area contributed by atoms with Crippen LogP contribution in [0, 0.1) is 5.92 Å². The molecule has 2 amide bonds. The SMILES string of the molecule is NC(=O)COc1cccc(-c2cccc(C(=O)NC[C@@H]3CCCOC3)c2)c1. The van der Waals surface area contributed by atoms with Crippen LogP contribution >= 0.6 is 0 Å². The van der Waals surface area contributed by atoms with E-state index in [1.807, 2.05) is 36.4 Å². The van der Waals surface area contributed by atoms with Gasteiger partial charge in [-0.05, 0) is 54.2 Å². The van der Waals surface area contributed by atoms with Crippen molar-refractivity contribution < 1.29 is 19.1 Å². The lowest BCUT2D eigenvalue weighted by atomic mass is 10.0. The first-order valence-corrected chi connectivity index (χ1v) is 9.09. The molecule has 142 valence electrons. The van der Waals surface area contributed by atoms with Gasteiger partial charge in [0.1, 0.15) is 5.75 Å². The Kier molecular flexibility index (Phi) is 6.44. The van der Waals surface area contributed by atoms with Crippen molar-refractivity contribution in [2.24, 2.45) is 11.7 Å². The van der Waals surface area contributed by atoms with Gasteiger partial charge in [0.25, 0.3) is 11.8 Å². The van der Waals surface area contributed by atoms with Crippen LogP contribution in [0.3, 0.4) is 0 Å². The molecule has 27 heavy (non-hydrogen) atoms. The van der Waals surface area contributed by atoms with Gasteiger partial charge < -0.3 is 20.5 Å². The maximum Gasteiger partial charge on any atom is 0.255 e. The summed E-state index contributed by atoms with van der Waals surface area (Å²) >= 11 is 0. The monoisotopic (exact) mass is 368 g/mol. The van der Waals surface area contributed by atoms with Crippen molar-refractivity contribution in [3.63, 3.8) is 0 Å². The highest BCUT2D eigenvalue weighted by atomic mass is 16.5. The third-order valence-electron chi connectivity index (χ3n) is 4.48. The van der Waals surface area contributed by atoms with Crippen molar-refractivity contribution in [2.45, 2.75) is 12.8 Å². The summed E-state index contributed by atoms with van der Waals surface area (Å²) in [6, 6.07) is 14.8. The van der Waals surface area contributed by atoms with Crippen LogP contribution in [0.4, 0.5) is 0 Å². The van der Waals surface area contributed by atoms with Crippen molar-refractivity contribution in [3.8, 4) is 16.9 Å². The summed E-state index contributed by atoms with van der Waals surface area (Å²) in [5, 5.41) is 3.00. The summed E-state index contributed by atoms with van der Waals surface area (Å²) in [6.07, 6.45) is 2.13. The topological polar surface area (TPSA) is 90.7 Å². The Labute approximate surface area is 158 Å². The number of benzene rings is 2. The molecule has 2 aromatic carbocycles. The van der Waals surface area contributed by atoms with Crippen molar-refractivity contribution >= 4 is 11.8 Å². The molecular weight excluding hydrogens is 344 g/mol. The first-order valence-electron chi connectivity index (χ1n) is 9.09. The third-order valence-corrected chi connectivity index (χ3v) is 4.48. The van der Waals surface area contributed by atoms with E-state index in [1.54, 1.807) is 12.1 Å². The van der Waals surface area contributed by atoms with E-state index in [2.05, 4.69) is 5.32 Å². The van der Waals surface area contributed by atoms with E-state index in [9.17, 15) is 9.59 Å². The number of amides is 2. The van der Waals surface area contributed by atoms with Crippen LogP contribution in [0.25, 0.3) is 11.1 Å². The average Bonchev–Trinajstić information content (AvgIpc) is 2.71. The number of nitrogens with one attached hydrogen (secondary N) is 1. The highest BCUT2D eigenvalue weighted by molar-refractivity contribution is 5.95. The van der Waals surface area contributed by atoms with E-state index >= 15 is 0 Å². The van der Waals surface area contributed by atoms with Crippen molar-refractivity contribution in [3.05, 3.63) is 54.1 Å². The zero-order chi connectivity index (χ0) is 19.1. The summed E-state index contributed by atoms with van der Waals surface area (Å²) in [6.45, 7) is 1.98. The van der Waals surface area contributed by atoms with Gasteiger partial charge in [0.2, 0.25) is 0 Å². The van der Waals surface area contributed by atoms with Crippen molar-refractivity contribution in [2.75, 3.05) is 26.4 Å². The second kappa shape index (κ2) is 9.19. The fraction of sp³-hybridized carbons (Fsp3) is 0.333. The van der Waals surface area contributed by atoms with Gasteiger partial charge >= 0.3 is 0 Å². The summed E-state index contributed by atoms with van der Waals surface area (Å²) in [4.78, 5) is 23.4. The van der Waals surface area contributed by atoms with Gasteiger partial charge in [-0.25, -0.2) is 0 Å². The molecule has 2 aromatic rings. The third kappa shape index (κ3) is 5.56. The minimum absolute atomic E-state index is 0.0939. The number of primary amides is 1. The van der Waals surface area contributed by atoms with Crippen LogP contribution in [0.2, 0.25) is 0 Å². The standard InChI is InChI=1S/C21H24N2O4/c22-20(24)14-27-19-8-2-6-17(11-19)16-5-1-7-18(10-16)21(25)23-12-15-4-3-9-26-13-15/h1-2,5-8,10-11,15H,3-4,9,12-14H2,(H2,22,24)(H,23,25)/t15-/m0/s1. The Morgan fingerprint density at radius 2 is 1.93 bits per heavy atom. The Hall–Kier alpha value is -2.86. The number of ether oxygens (including phenoxy) is 2. The van der Waals surface area contributed by atoms with E-state index in [0.29, 0.717) is 30.4 Å². The molecule has 0 spiro atoms. The molecule has 1 heterocycles. The van der Waals surface area contributed by atoms with Gasteiger partial charge in [0.05, 0.1) is 6.61 Å². The van der Waals surface area contributed by atoms with Gasteiger partial charge in [-0.1, -0.05) is 24.3 Å². The molecule has 1 saturated heterocycles. The normalized spacial score (nSPS) is 16.5. The van der Waals surface area contributed by atoms with Crippen LogP contribution in [0.5, 0.6) is 5.75 Å². The lowest BCUT2D eigenvalue weighted by Gasteiger charge is -2.22. The molecule has 1 atom stereocenters. The maximum absolute atomic E-state index is 12.5. The van der Waals surface area contributed by atoms with Gasteiger partial charge in [-0.2, -0.15) is 0 Å². The van der Waals surface area contributed by atoms with Crippen molar-refractivity contribution in [1.29, 1.82) is 0 Å². The summed E-state index contributed by atoms with van der Waals surface area (Å²) in [5.74, 6) is 0.314. The molecule has 0 aliphatic carbocycles. The fourth-order valence-corrected chi connectivity index (χ4v) is 3.07. The zero-order valence-electron chi connectivity index (χ0n) is 15.1. The predicted molar refractivity (Wildman–Crippen MR) is 102 cm³/mol. The summed E-state index contributed by atoms with van der Waals surface area (Å²) in [5.41, 5.74) is 7.51. The largest absolute Gasteiger partial charge is 0.484 e. The highest BCUT2D eigenvalue weighted by Crippen LogP contribution is 2.25. The lowest BCUT2D eigenvalue weighted by Crippen LogP contribution is -2.33. The second-order valence-corrected chi connectivity index (χ2v) is 6.66. The number of rotatable bonds is 7. The Morgan fingerprint density at radius 3 is 2.67 bits per heavy atom. The van der Waals surface area contributed by atoms with E-state index < -0.39 is 5.91 Å².